The summed E-state index contributed by atoms with van der Waals surface area (Å²) in [6.07, 6.45) is 5.44. The Bertz CT molecular complexity index is 392. The van der Waals surface area contributed by atoms with Crippen LogP contribution in [0.4, 0.5) is 5.82 Å². The number of carbonyl (C=O) groups is 1. The molecule has 1 aromatic rings. The van der Waals surface area contributed by atoms with Crippen molar-refractivity contribution in [3.8, 4) is 0 Å². The van der Waals surface area contributed by atoms with Gasteiger partial charge in [0.05, 0.1) is 5.56 Å². The molecule has 1 aromatic heterocycles. The van der Waals surface area contributed by atoms with Gasteiger partial charge < -0.3 is 11.1 Å². The second-order valence-electron chi connectivity index (χ2n) is 3.40. The van der Waals surface area contributed by atoms with Crippen molar-refractivity contribution in [3.05, 3.63) is 11.8 Å². The van der Waals surface area contributed by atoms with E-state index in [1.54, 1.807) is 0 Å². The molecule has 80 valence electrons. The minimum absolute atomic E-state index is 0.178. The topological polar surface area (TPSA) is 80.9 Å². The van der Waals surface area contributed by atoms with E-state index >= 15 is 0 Å². The van der Waals surface area contributed by atoms with Crippen molar-refractivity contribution in [2.75, 3.05) is 12.0 Å². The SMILES string of the molecule is CSc1ncc(C(=O)NC2CC2)c(N)n1. The van der Waals surface area contributed by atoms with Crippen LogP contribution < -0.4 is 11.1 Å². The van der Waals surface area contributed by atoms with Crippen molar-refractivity contribution in [1.82, 2.24) is 15.3 Å². The predicted molar refractivity (Wildman–Crippen MR) is 58.7 cm³/mol. The lowest BCUT2D eigenvalue weighted by Crippen LogP contribution is -2.26. The maximum absolute atomic E-state index is 11.6. The van der Waals surface area contributed by atoms with Gasteiger partial charge in [-0.1, -0.05) is 11.8 Å². The Kier molecular flexibility index (Phi) is 2.77. The van der Waals surface area contributed by atoms with Crippen LogP contribution >= 0.6 is 11.8 Å². The van der Waals surface area contributed by atoms with Crippen LogP contribution in [0.15, 0.2) is 11.4 Å². The van der Waals surface area contributed by atoms with Gasteiger partial charge in [0.25, 0.3) is 5.91 Å². The molecule has 1 fully saturated rings. The summed E-state index contributed by atoms with van der Waals surface area (Å²) in [6, 6.07) is 0.317. The van der Waals surface area contributed by atoms with Crippen LogP contribution in [0.3, 0.4) is 0 Å². The molecule has 0 saturated heterocycles. The first-order chi connectivity index (χ1) is 7.20. The van der Waals surface area contributed by atoms with Crippen molar-refractivity contribution in [2.24, 2.45) is 0 Å². The van der Waals surface area contributed by atoms with E-state index in [0.717, 1.165) is 12.8 Å². The number of nitrogens with two attached hydrogens (primary N) is 1. The highest BCUT2D eigenvalue weighted by atomic mass is 32.2. The Labute approximate surface area is 91.9 Å². The second kappa shape index (κ2) is 4.06. The normalized spacial score (nSPS) is 15.0. The molecule has 1 aliphatic rings. The molecule has 3 N–H and O–H groups in total. The third-order valence-electron chi connectivity index (χ3n) is 2.14. The van der Waals surface area contributed by atoms with E-state index in [-0.39, 0.29) is 11.7 Å². The van der Waals surface area contributed by atoms with E-state index in [4.69, 9.17) is 5.73 Å². The van der Waals surface area contributed by atoms with Gasteiger partial charge in [0.2, 0.25) is 0 Å². The molecule has 15 heavy (non-hydrogen) atoms. The number of thioether (sulfide) groups is 1. The molecular weight excluding hydrogens is 212 g/mol. The summed E-state index contributed by atoms with van der Waals surface area (Å²) in [6.45, 7) is 0. The number of rotatable bonds is 3. The summed E-state index contributed by atoms with van der Waals surface area (Å²) in [5, 5.41) is 3.42. The Morgan fingerprint density at radius 1 is 1.67 bits per heavy atom. The second-order valence-corrected chi connectivity index (χ2v) is 4.18. The van der Waals surface area contributed by atoms with Crippen LogP contribution in [0, 0.1) is 0 Å². The lowest BCUT2D eigenvalue weighted by molar-refractivity contribution is 0.0951. The molecule has 6 heteroatoms. The van der Waals surface area contributed by atoms with Crippen LogP contribution in [-0.2, 0) is 0 Å². The molecule has 0 bridgehead atoms. The first-order valence-electron chi connectivity index (χ1n) is 4.68. The van der Waals surface area contributed by atoms with Crippen LogP contribution in [0.1, 0.15) is 23.2 Å². The molecule has 1 heterocycles. The number of carbonyl (C=O) groups excluding carboxylic acids is 1. The molecular formula is C9H12N4OS. The number of amides is 1. The minimum atomic E-state index is -0.178. The molecule has 0 aliphatic heterocycles. The summed E-state index contributed by atoms with van der Waals surface area (Å²) in [5.74, 6) is 0.0650. The summed E-state index contributed by atoms with van der Waals surface area (Å²) < 4.78 is 0. The van der Waals surface area contributed by atoms with E-state index in [0.29, 0.717) is 16.8 Å². The van der Waals surface area contributed by atoms with Crippen LogP contribution in [0.2, 0.25) is 0 Å². The molecule has 2 rings (SSSR count). The minimum Gasteiger partial charge on any atom is -0.383 e. The van der Waals surface area contributed by atoms with Gasteiger partial charge in [-0.2, -0.15) is 0 Å². The zero-order chi connectivity index (χ0) is 10.8. The number of aromatic nitrogens is 2. The first-order valence-corrected chi connectivity index (χ1v) is 5.90. The molecule has 0 radical (unpaired) electrons. The number of nitrogens with one attached hydrogen (secondary N) is 1. The molecule has 5 nitrogen and oxygen atoms in total. The van der Waals surface area contributed by atoms with E-state index in [1.807, 2.05) is 6.26 Å². The lowest BCUT2D eigenvalue weighted by atomic mass is 10.3. The van der Waals surface area contributed by atoms with E-state index in [9.17, 15) is 4.79 Å². The average molecular weight is 224 g/mol. The van der Waals surface area contributed by atoms with Gasteiger partial charge in [-0.25, -0.2) is 9.97 Å². The van der Waals surface area contributed by atoms with E-state index in [1.165, 1.54) is 18.0 Å². The Balaban J connectivity index is 2.15. The highest BCUT2D eigenvalue weighted by Gasteiger charge is 2.25. The molecule has 0 spiro atoms. The molecule has 0 aromatic carbocycles. The van der Waals surface area contributed by atoms with E-state index < -0.39 is 0 Å². The van der Waals surface area contributed by atoms with Crippen molar-refractivity contribution in [3.63, 3.8) is 0 Å². The Hall–Kier alpha value is -1.30. The van der Waals surface area contributed by atoms with Crippen LogP contribution in [-0.4, -0.2) is 28.2 Å². The summed E-state index contributed by atoms with van der Waals surface area (Å²) in [5.41, 5.74) is 6.03. The molecule has 0 atom stereocenters. The molecule has 1 saturated carbocycles. The fraction of sp³-hybridized carbons (Fsp3) is 0.444. The third-order valence-corrected chi connectivity index (χ3v) is 2.70. The molecule has 1 amide bonds. The van der Waals surface area contributed by atoms with Crippen LogP contribution in [0.25, 0.3) is 0 Å². The fourth-order valence-corrected chi connectivity index (χ4v) is 1.49. The van der Waals surface area contributed by atoms with Gasteiger partial charge in [-0.05, 0) is 19.1 Å². The van der Waals surface area contributed by atoms with Gasteiger partial charge in [-0.15, -0.1) is 0 Å². The summed E-state index contributed by atoms with van der Waals surface area (Å²) in [4.78, 5) is 19.7. The summed E-state index contributed by atoms with van der Waals surface area (Å²) >= 11 is 1.40. The zero-order valence-corrected chi connectivity index (χ0v) is 9.17. The Morgan fingerprint density at radius 3 is 2.93 bits per heavy atom. The number of hydrogen-bond donors (Lipinski definition) is 2. The third kappa shape index (κ3) is 2.38. The maximum Gasteiger partial charge on any atom is 0.256 e. The highest BCUT2D eigenvalue weighted by molar-refractivity contribution is 7.98. The fourth-order valence-electron chi connectivity index (χ4n) is 1.14. The lowest BCUT2D eigenvalue weighted by Gasteiger charge is -2.05. The van der Waals surface area contributed by atoms with Gasteiger partial charge in [-0.3, -0.25) is 4.79 Å². The number of nitrogen functional groups attached to an aromatic ring is 1. The van der Waals surface area contributed by atoms with Gasteiger partial charge in [0, 0.05) is 12.2 Å². The zero-order valence-electron chi connectivity index (χ0n) is 8.36. The van der Waals surface area contributed by atoms with Crippen LogP contribution in [0.5, 0.6) is 0 Å². The maximum atomic E-state index is 11.6. The number of nitrogens with zero attached hydrogens (tertiary/aromatic N) is 2. The highest BCUT2D eigenvalue weighted by Crippen LogP contribution is 2.20. The van der Waals surface area contributed by atoms with Gasteiger partial charge in [0.1, 0.15) is 5.82 Å². The monoisotopic (exact) mass is 224 g/mol. The standard InChI is InChI=1S/C9H12N4OS/c1-15-9-11-4-6(7(10)13-9)8(14)12-5-2-3-5/h4-5H,2-3H2,1H3,(H,12,14)(H2,10,11,13). The number of hydrogen-bond acceptors (Lipinski definition) is 5. The van der Waals surface area contributed by atoms with Gasteiger partial charge in [0.15, 0.2) is 5.16 Å². The molecule has 0 unspecified atom stereocenters. The van der Waals surface area contributed by atoms with Crippen molar-refractivity contribution in [1.29, 1.82) is 0 Å². The smallest absolute Gasteiger partial charge is 0.256 e. The van der Waals surface area contributed by atoms with Gasteiger partial charge >= 0.3 is 0 Å². The first kappa shape index (κ1) is 10.2. The Morgan fingerprint density at radius 2 is 2.40 bits per heavy atom. The van der Waals surface area contributed by atoms with E-state index in [2.05, 4.69) is 15.3 Å². The predicted octanol–water partition coefficient (Wildman–Crippen LogP) is 0.673. The summed E-state index contributed by atoms with van der Waals surface area (Å²) in [7, 11) is 0. The van der Waals surface area contributed by atoms with Crippen molar-refractivity contribution >= 4 is 23.5 Å². The largest absolute Gasteiger partial charge is 0.383 e. The van der Waals surface area contributed by atoms with Crippen molar-refractivity contribution in [2.45, 2.75) is 24.0 Å². The number of anilines is 1. The quantitative estimate of drug-likeness (QED) is 0.582. The average Bonchev–Trinajstić information content (AvgIpc) is 3.01. The molecule has 1 aliphatic carbocycles. The van der Waals surface area contributed by atoms with Crippen molar-refractivity contribution < 1.29 is 4.79 Å².